The zero-order valence-corrected chi connectivity index (χ0v) is 31.5. The Balaban J connectivity index is 0.000000133. The van der Waals surface area contributed by atoms with Crippen LogP contribution in [0.5, 0.6) is 0 Å². The Labute approximate surface area is 326 Å². The first-order chi connectivity index (χ1) is 24.6. The molecular formula is C40H26F2N8Pt2. The van der Waals surface area contributed by atoms with Gasteiger partial charge in [0.15, 0.2) is 0 Å². The van der Waals surface area contributed by atoms with E-state index in [1.807, 2.05) is 122 Å². The summed E-state index contributed by atoms with van der Waals surface area (Å²) in [5, 5.41) is 12.0. The summed E-state index contributed by atoms with van der Waals surface area (Å²) in [6.45, 7) is 0. The molecule has 0 saturated carbocycles. The molecule has 0 aliphatic rings. The molecule has 10 aromatic rings. The summed E-state index contributed by atoms with van der Waals surface area (Å²) < 4.78 is 29.2. The molecule has 0 N–H and O–H groups in total. The van der Waals surface area contributed by atoms with E-state index < -0.39 is 11.9 Å². The van der Waals surface area contributed by atoms with Crippen LogP contribution in [-0.4, -0.2) is 29.5 Å². The van der Waals surface area contributed by atoms with Gasteiger partial charge in [-0.2, -0.15) is 58.7 Å². The van der Waals surface area contributed by atoms with Crippen molar-refractivity contribution in [2.24, 2.45) is 0 Å². The van der Waals surface area contributed by atoms with Crippen molar-refractivity contribution in [3.05, 3.63) is 182 Å². The van der Waals surface area contributed by atoms with Gasteiger partial charge in [0, 0.05) is 24.8 Å². The fourth-order valence-electron chi connectivity index (χ4n) is 5.14. The van der Waals surface area contributed by atoms with Crippen LogP contribution in [-0.2, 0) is 42.1 Å². The third kappa shape index (κ3) is 9.02. The van der Waals surface area contributed by atoms with E-state index in [-0.39, 0.29) is 42.1 Å². The van der Waals surface area contributed by atoms with Gasteiger partial charge in [0.25, 0.3) is 0 Å². The molecule has 0 spiro atoms. The molecule has 0 aliphatic heterocycles. The molecule has 0 bridgehead atoms. The quantitative estimate of drug-likeness (QED) is 0.128. The van der Waals surface area contributed by atoms with Gasteiger partial charge >= 0.3 is 42.1 Å². The van der Waals surface area contributed by atoms with Crippen molar-refractivity contribution >= 4 is 43.9 Å². The summed E-state index contributed by atoms with van der Waals surface area (Å²) >= 11 is 0. The number of benzene rings is 4. The van der Waals surface area contributed by atoms with Crippen LogP contribution in [0.25, 0.3) is 55.2 Å². The number of halogens is 2. The number of rotatable bonds is 2. The zero-order chi connectivity index (χ0) is 34.1. The van der Waals surface area contributed by atoms with Gasteiger partial charge in [-0.05, 0) is 79.5 Å². The average molecular weight is 1050 g/mol. The number of para-hydroxylation sites is 4. The minimum Gasteiger partial charge on any atom is -0.435 e. The first-order valence-electron chi connectivity index (χ1n) is 15.5. The van der Waals surface area contributed by atoms with Gasteiger partial charge in [-0.15, -0.1) is 12.1 Å². The van der Waals surface area contributed by atoms with Crippen molar-refractivity contribution in [1.29, 1.82) is 0 Å². The van der Waals surface area contributed by atoms with Crippen LogP contribution in [0, 0.1) is 24.0 Å². The van der Waals surface area contributed by atoms with E-state index in [4.69, 9.17) is 0 Å². The molecule has 0 unspecified atom stereocenters. The molecule has 260 valence electrons. The van der Waals surface area contributed by atoms with Gasteiger partial charge in [0.05, 0.1) is 0 Å². The van der Waals surface area contributed by atoms with Gasteiger partial charge in [-0.1, -0.05) is 60.7 Å². The Kier molecular flexibility index (Phi) is 13.1. The Morgan fingerprint density at radius 1 is 0.462 bits per heavy atom. The van der Waals surface area contributed by atoms with Gasteiger partial charge < -0.3 is 19.9 Å². The molecule has 0 atom stereocenters. The Hall–Kier alpha value is -5.56. The van der Waals surface area contributed by atoms with Crippen molar-refractivity contribution in [2.45, 2.75) is 0 Å². The van der Waals surface area contributed by atoms with E-state index in [9.17, 15) is 8.78 Å². The molecule has 10 rings (SSSR count). The topological polar surface area (TPSA) is 89.6 Å². The van der Waals surface area contributed by atoms with Gasteiger partial charge in [0.1, 0.15) is 11.9 Å². The zero-order valence-electron chi connectivity index (χ0n) is 27.0. The monoisotopic (exact) mass is 1050 g/mol. The normalized spacial score (nSPS) is 10.2. The number of hydrogen-bond acceptors (Lipinski definition) is 4. The van der Waals surface area contributed by atoms with Crippen molar-refractivity contribution in [2.75, 3.05) is 0 Å². The molecule has 0 saturated heterocycles. The predicted molar refractivity (Wildman–Crippen MR) is 190 cm³/mol. The van der Waals surface area contributed by atoms with Crippen LogP contribution in [0.1, 0.15) is 0 Å². The van der Waals surface area contributed by atoms with Crippen LogP contribution in [0.3, 0.4) is 0 Å². The smallest absolute Gasteiger partial charge is 0.435 e. The number of nitrogens with zero attached hydrogens (tertiary/aromatic N) is 8. The van der Waals surface area contributed by atoms with Crippen LogP contribution in [0.4, 0.5) is 8.78 Å². The minimum absolute atomic E-state index is 0. The summed E-state index contributed by atoms with van der Waals surface area (Å²) in [5.74, 6) is -0.972. The number of aromatic nitrogens is 8. The largest absolute Gasteiger partial charge is 2.00 e. The third-order valence-corrected chi connectivity index (χ3v) is 7.41. The van der Waals surface area contributed by atoms with Crippen LogP contribution < -0.4 is 9.97 Å². The van der Waals surface area contributed by atoms with E-state index in [1.165, 1.54) is 12.1 Å². The van der Waals surface area contributed by atoms with Crippen molar-refractivity contribution < 1.29 is 50.9 Å². The van der Waals surface area contributed by atoms with Crippen LogP contribution >= 0.6 is 0 Å². The molecule has 12 heteroatoms. The summed E-state index contributed by atoms with van der Waals surface area (Å²) in [4.78, 5) is 15.9. The first-order valence-corrected chi connectivity index (χ1v) is 15.5. The molecule has 8 nitrogen and oxygen atoms in total. The summed E-state index contributed by atoms with van der Waals surface area (Å²) in [6.07, 6.45) is 7.29. The molecule has 6 aromatic heterocycles. The molecule has 0 amide bonds. The van der Waals surface area contributed by atoms with Crippen molar-refractivity contribution in [3.63, 3.8) is 0 Å². The number of fused-ring (bicyclic) bond motifs is 6. The van der Waals surface area contributed by atoms with Crippen LogP contribution in [0.15, 0.2) is 158 Å². The Morgan fingerprint density at radius 3 is 1.27 bits per heavy atom. The molecule has 4 aromatic carbocycles. The average Bonchev–Trinajstić information content (AvgIpc) is 3.99. The fourth-order valence-corrected chi connectivity index (χ4v) is 5.14. The number of hydrogen-bond donors (Lipinski definition) is 0. The second-order valence-corrected chi connectivity index (χ2v) is 10.7. The van der Waals surface area contributed by atoms with Crippen LogP contribution in [0.2, 0.25) is 0 Å². The SMILES string of the molecule is Fc1ccc2c(n1)[n-]c1ccccc12.Fc1ccc2c(n1)[n-]c1ccccc12.[Pt+2].[Pt+2].[c-]1ccccc1-n1cccn1.[c-]1ccccc1-n1cccn1. The fraction of sp³-hybridized carbons (Fsp3) is 0. The molecule has 0 aliphatic carbocycles. The maximum Gasteiger partial charge on any atom is 2.00 e. The summed E-state index contributed by atoms with van der Waals surface area (Å²) in [6, 6.07) is 47.0. The summed E-state index contributed by atoms with van der Waals surface area (Å²) in [7, 11) is 0. The van der Waals surface area contributed by atoms with Gasteiger partial charge in [-0.25, -0.2) is 8.78 Å². The molecule has 0 fully saturated rings. The molecule has 6 heterocycles. The molecule has 0 radical (unpaired) electrons. The Bertz CT molecular complexity index is 2390. The summed E-state index contributed by atoms with van der Waals surface area (Å²) in [5.41, 5.74) is 4.62. The van der Waals surface area contributed by atoms with E-state index in [2.05, 4.69) is 42.3 Å². The second-order valence-electron chi connectivity index (χ2n) is 10.7. The molecule has 52 heavy (non-hydrogen) atoms. The third-order valence-electron chi connectivity index (χ3n) is 7.41. The van der Waals surface area contributed by atoms with Crippen molar-refractivity contribution in [3.8, 4) is 11.4 Å². The van der Waals surface area contributed by atoms with E-state index in [0.717, 1.165) is 44.0 Å². The maximum atomic E-state index is 12.8. The maximum absolute atomic E-state index is 12.8. The first kappa shape index (κ1) is 37.7. The molecular weight excluding hydrogens is 1020 g/mol. The van der Waals surface area contributed by atoms with Gasteiger partial charge in [0.2, 0.25) is 0 Å². The van der Waals surface area contributed by atoms with E-state index >= 15 is 0 Å². The predicted octanol–water partition coefficient (Wildman–Crippen LogP) is 8.31. The number of pyridine rings is 2. The van der Waals surface area contributed by atoms with E-state index in [0.29, 0.717) is 11.3 Å². The van der Waals surface area contributed by atoms with E-state index in [1.54, 1.807) is 33.9 Å². The van der Waals surface area contributed by atoms with Gasteiger partial charge in [-0.3, -0.25) is 9.36 Å². The Morgan fingerprint density at radius 2 is 0.885 bits per heavy atom. The minimum atomic E-state index is -0.486. The second kappa shape index (κ2) is 18.1. The standard InChI is InChI=1S/2C11H6FN2.2C9H7N2.2Pt/c2*12-10-6-5-8-7-3-1-2-4-9(7)13-11(8)14-10;2*1-2-5-9(6-3-1)11-8-4-7-10-11;;/h2*1-6H;2*1-5,7-8H;;/q4*-1;2*+2. The van der Waals surface area contributed by atoms with Crippen molar-refractivity contribution in [1.82, 2.24) is 39.5 Å².